The summed E-state index contributed by atoms with van der Waals surface area (Å²) in [5, 5.41) is 2.68. The number of ketones is 1. The zero-order chi connectivity index (χ0) is 21.0. The van der Waals surface area contributed by atoms with E-state index >= 15 is 0 Å². The average molecular weight is 473 g/mol. The van der Waals surface area contributed by atoms with Crippen molar-refractivity contribution in [3.63, 3.8) is 0 Å². The molecular weight excluding hydrogens is 456 g/mol. The molecule has 0 radical (unpaired) electrons. The molecule has 3 aromatic carbocycles. The maximum atomic E-state index is 12.6. The number of benzene rings is 3. The fourth-order valence-corrected chi connectivity index (χ4v) is 3.92. The third-order valence-corrected chi connectivity index (χ3v) is 5.94. The van der Waals surface area contributed by atoms with E-state index in [1.54, 1.807) is 48.5 Å². The van der Waals surface area contributed by atoms with Crippen molar-refractivity contribution in [3.05, 3.63) is 88.4 Å². The number of anilines is 2. The molecule has 8 heteroatoms. The van der Waals surface area contributed by atoms with Crippen LogP contribution in [-0.2, 0) is 10.0 Å². The molecule has 0 saturated carbocycles. The van der Waals surface area contributed by atoms with Crippen LogP contribution in [0.4, 0.5) is 11.4 Å². The number of carbonyl (C=O) groups is 2. The van der Waals surface area contributed by atoms with E-state index in [0.29, 0.717) is 16.9 Å². The summed E-state index contributed by atoms with van der Waals surface area (Å²) >= 11 is 3.29. The van der Waals surface area contributed by atoms with E-state index in [-0.39, 0.29) is 16.2 Å². The van der Waals surface area contributed by atoms with Crippen LogP contribution in [0.2, 0.25) is 0 Å². The molecule has 0 aliphatic rings. The summed E-state index contributed by atoms with van der Waals surface area (Å²) < 4.78 is 28.6. The van der Waals surface area contributed by atoms with Gasteiger partial charge in [0.25, 0.3) is 15.9 Å². The summed E-state index contributed by atoms with van der Waals surface area (Å²) in [7, 11) is -3.86. The van der Waals surface area contributed by atoms with E-state index < -0.39 is 15.9 Å². The zero-order valence-corrected chi connectivity index (χ0v) is 17.7. The minimum atomic E-state index is -3.86. The molecule has 3 aromatic rings. The Morgan fingerprint density at radius 1 is 0.828 bits per heavy atom. The first-order chi connectivity index (χ1) is 13.7. The van der Waals surface area contributed by atoms with Gasteiger partial charge in [-0.25, -0.2) is 8.42 Å². The van der Waals surface area contributed by atoms with Gasteiger partial charge >= 0.3 is 0 Å². The van der Waals surface area contributed by atoms with Crippen LogP contribution in [-0.4, -0.2) is 20.1 Å². The van der Waals surface area contributed by atoms with Gasteiger partial charge in [-0.2, -0.15) is 0 Å². The number of Topliss-reactive ketones (excluding diaryl/α,β-unsaturated/α-hetero) is 1. The van der Waals surface area contributed by atoms with Crippen LogP contribution in [0.5, 0.6) is 0 Å². The van der Waals surface area contributed by atoms with Gasteiger partial charge in [-0.1, -0.05) is 34.1 Å². The molecule has 3 rings (SSSR count). The van der Waals surface area contributed by atoms with E-state index in [0.717, 1.165) is 4.47 Å². The van der Waals surface area contributed by atoms with Crippen LogP contribution in [0.15, 0.2) is 82.2 Å². The SMILES string of the molecule is CC(=O)c1cccc(NC(=O)c2cccc(S(=O)(=O)Nc3ccc(Br)cc3)c2)c1. The molecule has 0 aliphatic heterocycles. The molecule has 6 nitrogen and oxygen atoms in total. The Balaban J connectivity index is 1.81. The Kier molecular flexibility index (Phi) is 6.14. The van der Waals surface area contributed by atoms with Gasteiger partial charge in [0.05, 0.1) is 4.90 Å². The number of carbonyl (C=O) groups excluding carboxylic acids is 2. The number of hydrogen-bond acceptors (Lipinski definition) is 4. The van der Waals surface area contributed by atoms with Gasteiger partial charge in [-0.3, -0.25) is 14.3 Å². The van der Waals surface area contributed by atoms with Crippen molar-refractivity contribution in [2.75, 3.05) is 10.0 Å². The Morgan fingerprint density at radius 2 is 1.48 bits per heavy atom. The lowest BCUT2D eigenvalue weighted by atomic mass is 10.1. The molecule has 0 atom stereocenters. The first-order valence-electron chi connectivity index (χ1n) is 8.55. The highest BCUT2D eigenvalue weighted by atomic mass is 79.9. The standard InChI is InChI=1S/C21H17BrN2O4S/c1-14(25)15-4-2-6-19(12-15)23-21(26)16-5-3-7-20(13-16)29(27,28)24-18-10-8-17(22)9-11-18/h2-13,24H,1H3,(H,23,26). The van der Waals surface area contributed by atoms with Crippen molar-refractivity contribution in [1.82, 2.24) is 0 Å². The molecule has 2 N–H and O–H groups in total. The van der Waals surface area contributed by atoms with Crippen molar-refractivity contribution in [2.45, 2.75) is 11.8 Å². The number of sulfonamides is 1. The monoisotopic (exact) mass is 472 g/mol. The van der Waals surface area contributed by atoms with Crippen LogP contribution in [0, 0.1) is 0 Å². The van der Waals surface area contributed by atoms with Gasteiger partial charge < -0.3 is 5.32 Å². The molecule has 0 saturated heterocycles. The molecule has 29 heavy (non-hydrogen) atoms. The number of halogens is 1. The van der Waals surface area contributed by atoms with Gasteiger partial charge in [0, 0.05) is 27.0 Å². The second-order valence-electron chi connectivity index (χ2n) is 6.23. The lowest BCUT2D eigenvalue weighted by Gasteiger charge is -2.10. The molecule has 0 aliphatic carbocycles. The van der Waals surface area contributed by atoms with Crippen LogP contribution in [0.1, 0.15) is 27.6 Å². The minimum absolute atomic E-state index is 0.0365. The van der Waals surface area contributed by atoms with Gasteiger partial charge in [0.2, 0.25) is 0 Å². The Morgan fingerprint density at radius 3 is 2.17 bits per heavy atom. The van der Waals surface area contributed by atoms with Crippen LogP contribution >= 0.6 is 15.9 Å². The third kappa shape index (κ3) is 5.30. The molecule has 148 valence electrons. The van der Waals surface area contributed by atoms with Gasteiger partial charge in [-0.15, -0.1) is 0 Å². The fourth-order valence-electron chi connectivity index (χ4n) is 2.56. The van der Waals surface area contributed by atoms with Crippen molar-refractivity contribution >= 4 is 49.0 Å². The van der Waals surface area contributed by atoms with E-state index in [1.807, 2.05) is 0 Å². The fraction of sp³-hybridized carbons (Fsp3) is 0.0476. The van der Waals surface area contributed by atoms with Crippen LogP contribution in [0.25, 0.3) is 0 Å². The van der Waals surface area contributed by atoms with Gasteiger partial charge in [0.15, 0.2) is 5.78 Å². The highest BCUT2D eigenvalue weighted by molar-refractivity contribution is 9.10. The van der Waals surface area contributed by atoms with Gasteiger partial charge in [0.1, 0.15) is 0 Å². The number of nitrogens with one attached hydrogen (secondary N) is 2. The second kappa shape index (κ2) is 8.59. The number of rotatable bonds is 6. The number of hydrogen-bond donors (Lipinski definition) is 2. The van der Waals surface area contributed by atoms with Crippen molar-refractivity contribution < 1.29 is 18.0 Å². The van der Waals surface area contributed by atoms with E-state index in [1.165, 1.54) is 31.2 Å². The normalized spacial score (nSPS) is 11.0. The lowest BCUT2D eigenvalue weighted by molar-refractivity contribution is 0.101. The molecule has 0 heterocycles. The molecule has 0 bridgehead atoms. The van der Waals surface area contributed by atoms with E-state index in [4.69, 9.17) is 0 Å². The Labute approximate surface area is 177 Å². The van der Waals surface area contributed by atoms with E-state index in [2.05, 4.69) is 26.0 Å². The van der Waals surface area contributed by atoms with Crippen molar-refractivity contribution in [2.24, 2.45) is 0 Å². The third-order valence-electron chi connectivity index (χ3n) is 4.03. The maximum Gasteiger partial charge on any atom is 0.261 e. The van der Waals surface area contributed by atoms with Crippen molar-refractivity contribution in [3.8, 4) is 0 Å². The highest BCUT2D eigenvalue weighted by Crippen LogP contribution is 2.20. The maximum absolute atomic E-state index is 12.6. The average Bonchev–Trinajstić information content (AvgIpc) is 2.70. The molecule has 0 spiro atoms. The predicted molar refractivity (Wildman–Crippen MR) is 116 cm³/mol. The minimum Gasteiger partial charge on any atom is -0.322 e. The molecule has 0 fully saturated rings. The number of amides is 1. The summed E-state index contributed by atoms with van der Waals surface area (Å²) in [5.41, 5.74) is 1.50. The van der Waals surface area contributed by atoms with Crippen LogP contribution in [0.3, 0.4) is 0 Å². The first-order valence-corrected chi connectivity index (χ1v) is 10.8. The summed E-state index contributed by atoms with van der Waals surface area (Å²) in [6, 6.07) is 18.9. The summed E-state index contributed by atoms with van der Waals surface area (Å²) in [5.74, 6) is -0.598. The zero-order valence-electron chi connectivity index (χ0n) is 15.3. The lowest BCUT2D eigenvalue weighted by Crippen LogP contribution is -2.16. The van der Waals surface area contributed by atoms with Crippen molar-refractivity contribution in [1.29, 1.82) is 0 Å². The Hall–Kier alpha value is -2.97. The predicted octanol–water partition coefficient (Wildman–Crippen LogP) is 4.70. The summed E-state index contributed by atoms with van der Waals surface area (Å²) in [6.07, 6.45) is 0. The molecule has 0 unspecified atom stereocenters. The molecule has 1 amide bonds. The van der Waals surface area contributed by atoms with Crippen LogP contribution < -0.4 is 10.0 Å². The Bertz CT molecular complexity index is 1180. The summed E-state index contributed by atoms with van der Waals surface area (Å²) in [4.78, 5) is 24.0. The first kappa shape index (κ1) is 20.8. The smallest absolute Gasteiger partial charge is 0.261 e. The second-order valence-corrected chi connectivity index (χ2v) is 8.83. The van der Waals surface area contributed by atoms with Gasteiger partial charge in [-0.05, 0) is 61.5 Å². The van der Waals surface area contributed by atoms with E-state index in [9.17, 15) is 18.0 Å². The summed E-state index contributed by atoms with van der Waals surface area (Å²) in [6.45, 7) is 1.44. The highest BCUT2D eigenvalue weighted by Gasteiger charge is 2.17. The largest absolute Gasteiger partial charge is 0.322 e. The quantitative estimate of drug-likeness (QED) is 0.508. The topological polar surface area (TPSA) is 92.3 Å². The molecule has 0 aromatic heterocycles. The molecular formula is C21H17BrN2O4S.